The van der Waals surface area contributed by atoms with Gasteiger partial charge in [0.05, 0.1) is 16.0 Å². The summed E-state index contributed by atoms with van der Waals surface area (Å²) in [4.78, 5) is 65.7. The van der Waals surface area contributed by atoms with E-state index in [1.54, 1.807) is 0 Å². The number of aromatic nitrogens is 1. The van der Waals surface area contributed by atoms with Crippen molar-refractivity contribution >= 4 is 67.6 Å². The zero-order valence-electron chi connectivity index (χ0n) is 27.8. The van der Waals surface area contributed by atoms with Crippen LogP contribution in [0.25, 0.3) is 22.0 Å². The van der Waals surface area contributed by atoms with E-state index in [2.05, 4.69) is 10.6 Å². The predicted molar refractivity (Wildman–Crippen MR) is 187 cm³/mol. The summed E-state index contributed by atoms with van der Waals surface area (Å²) in [7, 11) is -3.85. The minimum absolute atomic E-state index is 0.00984. The SMILES string of the molecule is CC(=O)c1cn(CC(=O)N2CC(=C(F)F)C[C@H]2C(=O)Nc2cccc(-c3ccc4c(c3Cl)CNC4=O)c2F)c2ccc(C(=O)NS(=O)(=O)C3CC3)cc12. The number of nitrogens with zero attached hydrogens (tertiary/aromatic N) is 2. The van der Waals surface area contributed by atoms with Gasteiger partial charge in [-0.1, -0.05) is 29.8 Å². The van der Waals surface area contributed by atoms with Crippen LogP contribution in [0.3, 0.4) is 0 Å². The molecule has 3 aromatic carbocycles. The molecule has 3 heterocycles. The molecule has 12 nitrogen and oxygen atoms in total. The number of Topliss-reactive ketones (excluding diaryl/α,β-unsaturated/α-hetero) is 1. The number of fused-ring (bicyclic) bond motifs is 2. The number of hydrogen-bond acceptors (Lipinski definition) is 7. The Kier molecular flexibility index (Phi) is 9.14. The molecule has 4 aromatic rings. The van der Waals surface area contributed by atoms with Crippen LogP contribution in [-0.4, -0.2) is 65.1 Å². The predicted octanol–water partition coefficient (Wildman–Crippen LogP) is 5.16. The highest BCUT2D eigenvalue weighted by atomic mass is 35.5. The maximum absolute atomic E-state index is 15.9. The van der Waals surface area contributed by atoms with E-state index in [-0.39, 0.29) is 50.8 Å². The number of ketones is 1. The molecule has 1 aromatic heterocycles. The summed E-state index contributed by atoms with van der Waals surface area (Å²) in [6, 6.07) is 9.75. The van der Waals surface area contributed by atoms with Crippen LogP contribution in [0.1, 0.15) is 62.8 Å². The van der Waals surface area contributed by atoms with Gasteiger partial charge in [-0.2, -0.15) is 8.78 Å². The zero-order valence-corrected chi connectivity index (χ0v) is 29.3. The first-order valence-corrected chi connectivity index (χ1v) is 18.3. The second kappa shape index (κ2) is 13.5. The number of anilines is 1. The quantitative estimate of drug-likeness (QED) is 0.198. The van der Waals surface area contributed by atoms with Crippen molar-refractivity contribution in [2.45, 2.75) is 50.6 Å². The number of sulfonamides is 1. The van der Waals surface area contributed by atoms with Gasteiger partial charge in [0.25, 0.3) is 17.9 Å². The fraction of sp³-hybridized carbons (Fsp3) is 0.250. The monoisotopic (exact) mass is 767 g/mol. The molecule has 0 bridgehead atoms. The molecular weight excluding hydrogens is 739 g/mol. The minimum Gasteiger partial charge on any atom is -0.348 e. The zero-order chi connectivity index (χ0) is 37.9. The Labute approximate surface area is 305 Å². The molecule has 0 unspecified atom stereocenters. The molecule has 53 heavy (non-hydrogen) atoms. The van der Waals surface area contributed by atoms with Crippen molar-refractivity contribution in [3.8, 4) is 11.1 Å². The van der Waals surface area contributed by atoms with Crippen LogP contribution in [0.5, 0.6) is 0 Å². The van der Waals surface area contributed by atoms with Gasteiger partial charge in [0, 0.05) is 75.6 Å². The Morgan fingerprint density at radius 1 is 1.02 bits per heavy atom. The minimum atomic E-state index is -3.85. The lowest BCUT2D eigenvalue weighted by molar-refractivity contribution is -0.137. The van der Waals surface area contributed by atoms with Crippen LogP contribution in [-0.2, 0) is 32.7 Å². The van der Waals surface area contributed by atoms with Gasteiger partial charge >= 0.3 is 0 Å². The van der Waals surface area contributed by atoms with Gasteiger partial charge in [-0.15, -0.1) is 0 Å². The maximum Gasteiger partial charge on any atom is 0.271 e. The normalized spacial score (nSPS) is 16.8. The van der Waals surface area contributed by atoms with Crippen LogP contribution in [0.4, 0.5) is 18.9 Å². The van der Waals surface area contributed by atoms with Gasteiger partial charge in [0.15, 0.2) is 11.6 Å². The topological polar surface area (TPSA) is 164 Å². The second-order valence-electron chi connectivity index (χ2n) is 13.0. The number of nitrogens with one attached hydrogen (secondary N) is 3. The number of benzene rings is 3. The third-order valence-corrected chi connectivity index (χ3v) is 11.8. The number of halogens is 4. The third-order valence-electron chi connectivity index (χ3n) is 9.55. The van der Waals surface area contributed by atoms with Gasteiger partial charge in [-0.05, 0) is 50.1 Å². The Bertz CT molecular complexity index is 2440. The number of carbonyl (C=O) groups is 5. The summed E-state index contributed by atoms with van der Waals surface area (Å²) in [5.74, 6) is -4.21. The Hall–Kier alpha value is -5.48. The lowest BCUT2D eigenvalue weighted by atomic mass is 9.99. The van der Waals surface area contributed by atoms with Crippen LogP contribution in [0.15, 0.2) is 66.4 Å². The van der Waals surface area contributed by atoms with E-state index in [0.29, 0.717) is 29.5 Å². The fourth-order valence-corrected chi connectivity index (χ4v) is 8.26. The van der Waals surface area contributed by atoms with E-state index in [9.17, 15) is 41.2 Å². The molecule has 2 aliphatic heterocycles. The lowest BCUT2D eigenvalue weighted by Gasteiger charge is -2.24. The van der Waals surface area contributed by atoms with Crippen LogP contribution in [0, 0.1) is 5.82 Å². The van der Waals surface area contributed by atoms with Crippen molar-refractivity contribution in [3.05, 3.63) is 99.5 Å². The number of hydrogen-bond donors (Lipinski definition) is 3. The van der Waals surface area contributed by atoms with Crippen molar-refractivity contribution in [1.29, 1.82) is 0 Å². The molecule has 1 saturated heterocycles. The maximum atomic E-state index is 15.9. The largest absolute Gasteiger partial charge is 0.348 e. The van der Waals surface area contributed by atoms with Crippen LogP contribution in [0.2, 0.25) is 5.02 Å². The first-order valence-electron chi connectivity index (χ1n) is 16.4. The standard InChI is InChI=1S/C36H29ClF3N5O7S/c1-17(46)26-15-44(28-10-5-18(11-24(26)28)34(48)43-53(51,52)20-6-7-20)16-30(47)45-14-19(33(39)40)12-29(45)36(50)42-27-4-2-3-22(32(27)38)21-8-9-23-25(31(21)37)13-41-35(23)49/h2-5,8-11,15,20,29H,6-7,12-14,16H2,1H3,(H,41,49)(H,42,50)(H,43,48)/t29-/m0/s1. The summed E-state index contributed by atoms with van der Waals surface area (Å²) in [6.07, 6.45) is -0.348. The fourth-order valence-electron chi connectivity index (χ4n) is 6.62. The summed E-state index contributed by atoms with van der Waals surface area (Å²) >= 11 is 6.54. The van der Waals surface area contributed by atoms with Crippen molar-refractivity contribution < 1.29 is 45.6 Å². The molecule has 17 heteroatoms. The Morgan fingerprint density at radius 3 is 2.45 bits per heavy atom. The number of carbonyl (C=O) groups excluding carboxylic acids is 5. The number of amides is 4. The van der Waals surface area contributed by atoms with Gasteiger partial charge < -0.3 is 20.1 Å². The Balaban J connectivity index is 1.14. The Morgan fingerprint density at radius 2 is 1.75 bits per heavy atom. The van der Waals surface area contributed by atoms with Crippen LogP contribution < -0.4 is 15.4 Å². The average Bonchev–Trinajstić information content (AvgIpc) is 3.63. The lowest BCUT2D eigenvalue weighted by Crippen LogP contribution is -2.44. The smallest absolute Gasteiger partial charge is 0.271 e. The molecule has 3 aliphatic rings. The third kappa shape index (κ3) is 6.68. The summed E-state index contributed by atoms with van der Waals surface area (Å²) in [6.45, 7) is 0.329. The number of likely N-dealkylation sites (tertiary alicyclic amines) is 1. The first kappa shape index (κ1) is 35.9. The van der Waals surface area contributed by atoms with Gasteiger partial charge in [-0.3, -0.25) is 24.0 Å². The van der Waals surface area contributed by atoms with E-state index < -0.39 is 81.8 Å². The molecule has 274 valence electrons. The van der Waals surface area contributed by atoms with Crippen molar-refractivity contribution in [2.24, 2.45) is 0 Å². The summed E-state index contributed by atoms with van der Waals surface area (Å²) in [5, 5.41) is 4.82. The van der Waals surface area contributed by atoms with Crippen molar-refractivity contribution in [1.82, 2.24) is 19.5 Å². The van der Waals surface area contributed by atoms with E-state index in [1.165, 1.54) is 66.2 Å². The number of rotatable bonds is 9. The van der Waals surface area contributed by atoms with Gasteiger partial charge in [0.2, 0.25) is 21.8 Å². The molecule has 3 N–H and O–H groups in total. The van der Waals surface area contributed by atoms with E-state index in [0.717, 1.165) is 4.90 Å². The summed E-state index contributed by atoms with van der Waals surface area (Å²) in [5.41, 5.74) is 0.746. The van der Waals surface area contributed by atoms with Crippen LogP contribution >= 0.6 is 11.6 Å². The highest BCUT2D eigenvalue weighted by Gasteiger charge is 2.40. The molecule has 0 spiro atoms. The molecule has 1 saturated carbocycles. The van der Waals surface area contributed by atoms with Gasteiger partial charge in [-0.25, -0.2) is 17.5 Å². The molecule has 1 atom stereocenters. The highest BCUT2D eigenvalue weighted by molar-refractivity contribution is 7.91. The van der Waals surface area contributed by atoms with E-state index in [4.69, 9.17) is 11.6 Å². The average molecular weight is 768 g/mol. The summed E-state index contributed by atoms with van der Waals surface area (Å²) < 4.78 is 71.7. The highest BCUT2D eigenvalue weighted by Crippen LogP contribution is 2.38. The van der Waals surface area contributed by atoms with E-state index >= 15 is 4.39 Å². The molecule has 4 amide bonds. The first-order chi connectivity index (χ1) is 25.1. The molecular formula is C36H29ClF3N5O7S. The molecule has 7 rings (SSSR count). The second-order valence-corrected chi connectivity index (χ2v) is 15.4. The van der Waals surface area contributed by atoms with Gasteiger partial charge in [0.1, 0.15) is 12.6 Å². The molecule has 1 aliphatic carbocycles. The molecule has 2 fully saturated rings. The van der Waals surface area contributed by atoms with Crippen molar-refractivity contribution in [2.75, 3.05) is 11.9 Å². The molecule has 0 radical (unpaired) electrons. The van der Waals surface area contributed by atoms with Crippen molar-refractivity contribution in [3.63, 3.8) is 0 Å². The van der Waals surface area contributed by atoms with E-state index in [1.807, 2.05) is 4.72 Å².